The van der Waals surface area contributed by atoms with E-state index in [2.05, 4.69) is 48.3 Å². The summed E-state index contributed by atoms with van der Waals surface area (Å²) in [4.78, 5) is 3.79. The lowest BCUT2D eigenvalue weighted by atomic mass is 10.1. The third-order valence-corrected chi connectivity index (χ3v) is 5.52. The van der Waals surface area contributed by atoms with Crippen LogP contribution in [0.1, 0.15) is 16.7 Å². The van der Waals surface area contributed by atoms with Crippen LogP contribution < -0.4 is 19.7 Å². The molecular weight excluding hydrogens is 370 g/mol. The first-order valence-corrected chi connectivity index (χ1v) is 10.1. The van der Waals surface area contributed by atoms with Gasteiger partial charge in [0, 0.05) is 5.69 Å². The molecule has 5 nitrogen and oxygen atoms in total. The largest absolute Gasteiger partial charge is 0.497 e. The zero-order chi connectivity index (χ0) is 20.1. The number of quaternary nitrogens is 1. The summed E-state index contributed by atoms with van der Waals surface area (Å²) in [6.07, 6.45) is 0. The number of anilines is 1. The third-order valence-electron chi connectivity index (χ3n) is 5.16. The number of methoxy groups -OCH3 is 2. The normalized spacial score (nSPS) is 14.6. The molecule has 0 saturated carbocycles. The first kappa shape index (κ1) is 20.4. The zero-order valence-corrected chi connectivity index (χ0v) is 18.0. The molecule has 0 spiro atoms. The molecule has 0 amide bonds. The number of hydrogen-bond donors (Lipinski definition) is 2. The summed E-state index contributed by atoms with van der Waals surface area (Å²) < 4.78 is 10.9. The smallest absolute Gasteiger partial charge is 0.173 e. The van der Waals surface area contributed by atoms with Crippen molar-refractivity contribution in [3.63, 3.8) is 0 Å². The van der Waals surface area contributed by atoms with Gasteiger partial charge in [0.2, 0.25) is 0 Å². The lowest BCUT2D eigenvalue weighted by Gasteiger charge is -2.34. The Balaban J connectivity index is 1.56. The standard InChI is InChI=1S/C22H29N3O2S/c1-16-11-17(2)13-19(12-16)23-22(28)25-9-7-24(8-10-25)15-18-14-20(26-3)5-6-21(18)27-4/h5-6,11-14H,7-10,15H2,1-4H3,(H,23,28)/p+1. The average molecular weight is 401 g/mol. The van der Waals surface area contributed by atoms with E-state index < -0.39 is 0 Å². The van der Waals surface area contributed by atoms with Gasteiger partial charge in [-0.2, -0.15) is 0 Å². The Labute approximate surface area is 173 Å². The van der Waals surface area contributed by atoms with Crippen LogP contribution in [0, 0.1) is 13.8 Å². The minimum atomic E-state index is 0.808. The molecular formula is C22H30N3O2S+. The molecule has 1 aliphatic heterocycles. The highest BCUT2D eigenvalue weighted by atomic mass is 32.1. The summed E-state index contributed by atoms with van der Waals surface area (Å²) in [7, 11) is 3.41. The molecule has 0 unspecified atom stereocenters. The van der Waals surface area contributed by atoms with Gasteiger partial charge in [0.1, 0.15) is 18.0 Å². The van der Waals surface area contributed by atoms with Crippen molar-refractivity contribution in [2.45, 2.75) is 20.4 Å². The quantitative estimate of drug-likeness (QED) is 0.754. The van der Waals surface area contributed by atoms with E-state index in [9.17, 15) is 0 Å². The first-order valence-electron chi connectivity index (χ1n) is 9.67. The van der Waals surface area contributed by atoms with Gasteiger partial charge in [-0.1, -0.05) is 6.07 Å². The molecule has 150 valence electrons. The summed E-state index contributed by atoms with van der Waals surface area (Å²) in [5.74, 6) is 1.79. The van der Waals surface area contributed by atoms with Gasteiger partial charge in [-0.05, 0) is 67.5 Å². The molecule has 1 heterocycles. The van der Waals surface area contributed by atoms with Crippen molar-refractivity contribution in [1.29, 1.82) is 0 Å². The maximum Gasteiger partial charge on any atom is 0.173 e. The first-order chi connectivity index (χ1) is 13.5. The monoisotopic (exact) mass is 400 g/mol. The summed E-state index contributed by atoms with van der Waals surface area (Å²) in [6, 6.07) is 12.4. The Morgan fingerprint density at radius 2 is 1.71 bits per heavy atom. The molecule has 0 aliphatic carbocycles. The minimum Gasteiger partial charge on any atom is -0.497 e. The maximum atomic E-state index is 5.65. The Kier molecular flexibility index (Phi) is 6.75. The second-order valence-electron chi connectivity index (χ2n) is 7.40. The molecule has 0 bridgehead atoms. The Morgan fingerprint density at radius 3 is 2.32 bits per heavy atom. The predicted molar refractivity (Wildman–Crippen MR) is 118 cm³/mol. The van der Waals surface area contributed by atoms with Crippen LogP contribution in [0.15, 0.2) is 36.4 Å². The number of rotatable bonds is 5. The summed E-state index contributed by atoms with van der Waals surface area (Å²) in [6.45, 7) is 9.10. The van der Waals surface area contributed by atoms with E-state index in [1.54, 1.807) is 14.2 Å². The lowest BCUT2D eigenvalue weighted by Crippen LogP contribution is -3.13. The van der Waals surface area contributed by atoms with Crippen molar-refractivity contribution in [3.05, 3.63) is 53.1 Å². The van der Waals surface area contributed by atoms with E-state index in [1.807, 2.05) is 12.1 Å². The molecule has 2 aromatic rings. The van der Waals surface area contributed by atoms with E-state index in [1.165, 1.54) is 21.6 Å². The van der Waals surface area contributed by atoms with Crippen molar-refractivity contribution in [3.8, 4) is 11.5 Å². The SMILES string of the molecule is COc1ccc(OC)c(C[NH+]2CCN(C(=S)Nc3cc(C)cc(C)c3)CC2)c1. The Bertz CT molecular complexity index is 812. The molecule has 1 aliphatic rings. The zero-order valence-electron chi connectivity index (χ0n) is 17.2. The second-order valence-corrected chi connectivity index (χ2v) is 7.78. The van der Waals surface area contributed by atoms with E-state index >= 15 is 0 Å². The van der Waals surface area contributed by atoms with Gasteiger partial charge in [0.25, 0.3) is 0 Å². The molecule has 6 heteroatoms. The van der Waals surface area contributed by atoms with Crippen molar-refractivity contribution in [1.82, 2.24) is 4.90 Å². The number of hydrogen-bond acceptors (Lipinski definition) is 3. The van der Waals surface area contributed by atoms with Crippen molar-refractivity contribution >= 4 is 23.0 Å². The van der Waals surface area contributed by atoms with Gasteiger partial charge in [0.05, 0.1) is 46.0 Å². The number of piperazine rings is 1. The van der Waals surface area contributed by atoms with Crippen LogP contribution in [0.2, 0.25) is 0 Å². The van der Waals surface area contributed by atoms with E-state index in [-0.39, 0.29) is 0 Å². The second kappa shape index (κ2) is 9.26. The summed E-state index contributed by atoms with van der Waals surface area (Å²) in [5.41, 5.74) is 4.73. The number of nitrogens with zero attached hydrogens (tertiary/aromatic N) is 1. The van der Waals surface area contributed by atoms with Crippen LogP contribution in [0.3, 0.4) is 0 Å². The van der Waals surface area contributed by atoms with Gasteiger partial charge in [-0.15, -0.1) is 0 Å². The molecule has 0 radical (unpaired) electrons. The van der Waals surface area contributed by atoms with Crippen LogP contribution in [0.4, 0.5) is 5.69 Å². The average Bonchev–Trinajstić information content (AvgIpc) is 2.67. The van der Waals surface area contributed by atoms with Gasteiger partial charge >= 0.3 is 0 Å². The molecule has 1 saturated heterocycles. The van der Waals surface area contributed by atoms with Crippen molar-refractivity contribution in [2.24, 2.45) is 0 Å². The topological polar surface area (TPSA) is 38.2 Å². The fourth-order valence-electron chi connectivity index (χ4n) is 3.74. The van der Waals surface area contributed by atoms with Gasteiger partial charge in [-0.25, -0.2) is 0 Å². The van der Waals surface area contributed by atoms with Gasteiger partial charge in [0.15, 0.2) is 5.11 Å². The van der Waals surface area contributed by atoms with Crippen LogP contribution in [0.5, 0.6) is 11.5 Å². The number of aryl methyl sites for hydroxylation is 2. The highest BCUT2D eigenvalue weighted by Gasteiger charge is 2.23. The third kappa shape index (κ3) is 5.14. The maximum absolute atomic E-state index is 5.65. The predicted octanol–water partition coefficient (Wildman–Crippen LogP) is 2.42. The number of nitrogens with one attached hydrogen (secondary N) is 2. The molecule has 2 aromatic carbocycles. The van der Waals surface area contributed by atoms with Crippen LogP contribution >= 0.6 is 12.2 Å². The van der Waals surface area contributed by atoms with Gasteiger partial charge < -0.3 is 24.6 Å². The van der Waals surface area contributed by atoms with E-state index in [4.69, 9.17) is 21.7 Å². The van der Waals surface area contributed by atoms with Crippen molar-refractivity contribution < 1.29 is 14.4 Å². The number of thiocarbonyl (C=S) groups is 1. The molecule has 0 atom stereocenters. The Hall–Kier alpha value is -2.31. The fourth-order valence-corrected chi connectivity index (χ4v) is 4.04. The Morgan fingerprint density at radius 1 is 1.04 bits per heavy atom. The number of benzene rings is 2. The highest BCUT2D eigenvalue weighted by Crippen LogP contribution is 2.23. The summed E-state index contributed by atoms with van der Waals surface area (Å²) >= 11 is 5.65. The summed E-state index contributed by atoms with van der Waals surface area (Å²) in [5, 5.41) is 4.21. The van der Waals surface area contributed by atoms with Gasteiger partial charge in [-0.3, -0.25) is 0 Å². The molecule has 2 N–H and O–H groups in total. The lowest BCUT2D eigenvalue weighted by molar-refractivity contribution is -0.917. The van der Waals surface area contributed by atoms with Crippen LogP contribution in [0.25, 0.3) is 0 Å². The van der Waals surface area contributed by atoms with Crippen LogP contribution in [-0.2, 0) is 6.54 Å². The molecule has 1 fully saturated rings. The highest BCUT2D eigenvalue weighted by molar-refractivity contribution is 7.80. The number of ether oxygens (including phenoxy) is 2. The molecule has 3 rings (SSSR count). The van der Waals surface area contributed by atoms with E-state index in [0.717, 1.165) is 55.0 Å². The minimum absolute atomic E-state index is 0.808. The molecule has 0 aromatic heterocycles. The van der Waals surface area contributed by atoms with Crippen LogP contribution in [-0.4, -0.2) is 50.4 Å². The van der Waals surface area contributed by atoms with E-state index in [0.29, 0.717) is 0 Å². The fraction of sp³-hybridized carbons (Fsp3) is 0.409. The molecule has 28 heavy (non-hydrogen) atoms. The van der Waals surface area contributed by atoms with Crippen molar-refractivity contribution in [2.75, 3.05) is 45.7 Å².